The molecule has 0 saturated heterocycles. The molecule has 6 atom stereocenters. The second-order valence-corrected chi connectivity index (χ2v) is 10.3. The van der Waals surface area contributed by atoms with E-state index in [0.717, 1.165) is 0 Å². The zero-order chi connectivity index (χ0) is 33.3. The predicted molar refractivity (Wildman–Crippen MR) is 164 cm³/mol. The van der Waals surface area contributed by atoms with Gasteiger partial charge in [-0.1, -0.05) is 0 Å². The average molecular weight is 649 g/mol. The smallest absolute Gasteiger partial charge is 0.0781 e. The molecule has 44 heavy (non-hydrogen) atoms. The highest BCUT2D eigenvalue weighted by molar-refractivity contribution is 4.58. The molecule has 0 heterocycles. The van der Waals surface area contributed by atoms with Crippen LogP contribution in [0.3, 0.4) is 0 Å². The van der Waals surface area contributed by atoms with Crippen LogP contribution in [0.5, 0.6) is 0 Å². The number of aliphatic hydroxyl groups excluding tert-OH is 4. The van der Waals surface area contributed by atoms with Gasteiger partial charge in [0.15, 0.2) is 0 Å². The highest BCUT2D eigenvalue weighted by Gasteiger charge is 2.12. The average Bonchev–Trinajstić information content (AvgIpc) is 3.01. The molecule has 0 saturated carbocycles. The van der Waals surface area contributed by atoms with Crippen molar-refractivity contribution in [1.82, 2.24) is 0 Å². The number of ether oxygens (including phenoxy) is 10. The molecule has 6 unspecified atom stereocenters. The van der Waals surface area contributed by atoms with Crippen molar-refractivity contribution in [3.8, 4) is 0 Å². The fourth-order valence-corrected chi connectivity index (χ4v) is 2.86. The molecule has 0 fully saturated rings. The highest BCUT2D eigenvalue weighted by atomic mass is 16.6. The number of rotatable bonds is 32. The van der Waals surface area contributed by atoms with Crippen molar-refractivity contribution < 1.29 is 67.8 Å². The minimum Gasteiger partial charge on any atom is -0.394 e. The summed E-state index contributed by atoms with van der Waals surface area (Å²) in [5, 5.41) is 35.0. The molecule has 0 aromatic rings. The van der Waals surface area contributed by atoms with Crippen LogP contribution < -0.4 is 0 Å². The van der Waals surface area contributed by atoms with Crippen molar-refractivity contribution in [2.24, 2.45) is 0 Å². The quantitative estimate of drug-likeness (QED) is 0.0740. The lowest BCUT2D eigenvalue weighted by molar-refractivity contribution is -0.100. The maximum Gasteiger partial charge on any atom is 0.0781 e. The number of hydrogen-bond donors (Lipinski definition) is 4. The monoisotopic (exact) mass is 648 g/mol. The fourth-order valence-electron chi connectivity index (χ4n) is 2.86. The molecule has 0 aliphatic heterocycles. The van der Waals surface area contributed by atoms with Gasteiger partial charge in [0.25, 0.3) is 0 Å². The standard InChI is InChI=1S/C18H38O7.C12H26O7/c1-13(20)8-21-15(3)10-23-17(5)12-25-18(6)11-24-16(4)9-22-14(2)7-19;13-1-3-15-5-7-17-9-11-19-12-10-18-8-6-16-4-2-14/h13-20H,7-12H2,1-6H3;13-14H,1-12H2. The second-order valence-electron chi connectivity index (χ2n) is 10.3. The SMILES string of the molecule is CC(O)COC(C)COC(C)COC(C)COC(C)COC(C)CO.OCCOCCOCCOCCOCCOCCO. The molecular formula is C30H64O14. The predicted octanol–water partition coefficient (Wildman–Crippen LogP) is 0.439. The first kappa shape index (κ1) is 45.6. The summed E-state index contributed by atoms with van der Waals surface area (Å²) in [7, 11) is 0. The van der Waals surface area contributed by atoms with Gasteiger partial charge in [0.05, 0.1) is 156 Å². The van der Waals surface area contributed by atoms with Crippen molar-refractivity contribution >= 4 is 0 Å². The maximum atomic E-state index is 9.17. The fraction of sp³-hybridized carbons (Fsp3) is 1.00. The van der Waals surface area contributed by atoms with E-state index in [0.29, 0.717) is 99.1 Å². The van der Waals surface area contributed by atoms with E-state index in [1.807, 2.05) is 34.6 Å². The van der Waals surface area contributed by atoms with E-state index in [-0.39, 0.29) is 50.3 Å². The minimum atomic E-state index is -0.469. The van der Waals surface area contributed by atoms with Crippen LogP contribution in [0.2, 0.25) is 0 Å². The van der Waals surface area contributed by atoms with E-state index >= 15 is 0 Å². The molecule has 4 N–H and O–H groups in total. The summed E-state index contributed by atoms with van der Waals surface area (Å²) >= 11 is 0. The van der Waals surface area contributed by atoms with Crippen LogP contribution in [0.4, 0.5) is 0 Å². The Morgan fingerprint density at radius 3 is 0.864 bits per heavy atom. The van der Waals surface area contributed by atoms with E-state index in [1.54, 1.807) is 6.92 Å². The van der Waals surface area contributed by atoms with Gasteiger partial charge in [-0.2, -0.15) is 0 Å². The molecular weight excluding hydrogens is 584 g/mol. The van der Waals surface area contributed by atoms with Crippen LogP contribution in [0, 0.1) is 0 Å². The summed E-state index contributed by atoms with van der Waals surface area (Å²) in [6, 6.07) is 0. The van der Waals surface area contributed by atoms with Gasteiger partial charge in [-0.3, -0.25) is 0 Å². The first-order chi connectivity index (χ1) is 21.2. The lowest BCUT2D eigenvalue weighted by Gasteiger charge is -2.22. The van der Waals surface area contributed by atoms with E-state index in [4.69, 9.17) is 62.7 Å². The second kappa shape index (κ2) is 35.3. The number of aliphatic hydroxyl groups is 4. The van der Waals surface area contributed by atoms with Gasteiger partial charge in [0, 0.05) is 0 Å². The third-order valence-electron chi connectivity index (χ3n) is 5.30. The summed E-state index contributed by atoms with van der Waals surface area (Å²) in [4.78, 5) is 0. The Morgan fingerprint density at radius 2 is 0.614 bits per heavy atom. The van der Waals surface area contributed by atoms with E-state index < -0.39 is 6.10 Å². The molecule has 0 aliphatic rings. The van der Waals surface area contributed by atoms with Gasteiger partial charge in [-0.25, -0.2) is 0 Å². The molecule has 0 aromatic heterocycles. The van der Waals surface area contributed by atoms with Crippen molar-refractivity contribution in [3.05, 3.63) is 0 Å². The Morgan fingerprint density at radius 1 is 0.364 bits per heavy atom. The Hall–Kier alpha value is -0.560. The molecule has 0 aromatic carbocycles. The summed E-state index contributed by atoms with van der Waals surface area (Å²) in [5.74, 6) is 0. The van der Waals surface area contributed by atoms with Crippen LogP contribution in [-0.2, 0) is 47.4 Å². The molecule has 0 aliphatic carbocycles. The van der Waals surface area contributed by atoms with Crippen molar-refractivity contribution in [2.75, 3.05) is 119 Å². The zero-order valence-corrected chi connectivity index (χ0v) is 28.1. The summed E-state index contributed by atoms with van der Waals surface area (Å²) in [6.45, 7) is 18.2. The lowest BCUT2D eigenvalue weighted by Crippen LogP contribution is -2.29. The van der Waals surface area contributed by atoms with Crippen LogP contribution in [0.1, 0.15) is 41.5 Å². The summed E-state index contributed by atoms with van der Waals surface area (Å²) in [6.07, 6.45) is -0.868. The molecule has 0 rings (SSSR count). The van der Waals surface area contributed by atoms with Crippen LogP contribution in [0.25, 0.3) is 0 Å². The van der Waals surface area contributed by atoms with Crippen molar-refractivity contribution in [2.45, 2.75) is 78.2 Å². The van der Waals surface area contributed by atoms with Gasteiger partial charge >= 0.3 is 0 Å². The molecule has 0 radical (unpaired) electrons. The molecule has 14 nitrogen and oxygen atoms in total. The highest BCUT2D eigenvalue weighted by Crippen LogP contribution is 2.03. The van der Waals surface area contributed by atoms with Gasteiger partial charge in [0.2, 0.25) is 0 Å². The van der Waals surface area contributed by atoms with Crippen LogP contribution in [0.15, 0.2) is 0 Å². The summed E-state index contributed by atoms with van der Waals surface area (Å²) < 4.78 is 53.7. The van der Waals surface area contributed by atoms with E-state index in [2.05, 4.69) is 0 Å². The van der Waals surface area contributed by atoms with Crippen LogP contribution >= 0.6 is 0 Å². The van der Waals surface area contributed by atoms with Crippen LogP contribution in [-0.4, -0.2) is 176 Å². The van der Waals surface area contributed by atoms with Gasteiger partial charge in [0.1, 0.15) is 0 Å². The third-order valence-corrected chi connectivity index (χ3v) is 5.30. The Kier molecular flexibility index (Phi) is 36.5. The first-order valence-electron chi connectivity index (χ1n) is 15.6. The summed E-state index contributed by atoms with van der Waals surface area (Å²) in [5.41, 5.74) is 0. The number of hydrogen-bond acceptors (Lipinski definition) is 14. The zero-order valence-electron chi connectivity index (χ0n) is 28.1. The molecule has 14 heteroatoms. The maximum absolute atomic E-state index is 9.17. The van der Waals surface area contributed by atoms with E-state index in [1.165, 1.54) is 0 Å². The topological polar surface area (TPSA) is 173 Å². The molecule has 0 amide bonds. The minimum absolute atomic E-state index is 0.00675. The molecule has 0 bridgehead atoms. The Balaban J connectivity index is 0. The van der Waals surface area contributed by atoms with Gasteiger partial charge in [-0.05, 0) is 41.5 Å². The lowest BCUT2D eigenvalue weighted by atomic mass is 10.3. The van der Waals surface area contributed by atoms with Crippen molar-refractivity contribution in [3.63, 3.8) is 0 Å². The normalized spacial score (nSPS) is 15.7. The Bertz CT molecular complexity index is 530. The third kappa shape index (κ3) is 37.6. The molecule has 0 spiro atoms. The van der Waals surface area contributed by atoms with Crippen molar-refractivity contribution in [1.29, 1.82) is 0 Å². The van der Waals surface area contributed by atoms with E-state index in [9.17, 15) is 5.11 Å². The largest absolute Gasteiger partial charge is 0.394 e. The Labute approximate surface area is 265 Å². The van der Waals surface area contributed by atoms with Gasteiger partial charge < -0.3 is 67.8 Å². The molecule has 268 valence electrons. The van der Waals surface area contributed by atoms with Gasteiger partial charge in [-0.15, -0.1) is 0 Å². The first-order valence-corrected chi connectivity index (χ1v) is 15.6.